The van der Waals surface area contributed by atoms with Crippen LogP contribution in [-0.4, -0.2) is 53.1 Å². The molecule has 1 aliphatic heterocycles. The number of hydrogen-bond donors (Lipinski definition) is 0. The first-order valence-electron chi connectivity index (χ1n) is 10.4. The summed E-state index contributed by atoms with van der Waals surface area (Å²) in [6.45, 7) is 8.12. The highest BCUT2D eigenvalue weighted by atomic mass is 16.5. The topological polar surface area (TPSA) is 67.9 Å². The number of carbonyl (C=O) groups excluding carboxylic acids is 1. The van der Waals surface area contributed by atoms with Gasteiger partial charge in [0.1, 0.15) is 11.8 Å². The fraction of sp³-hybridized carbons (Fsp3) is 0.391. The number of carbonyl (C=O) groups is 1. The van der Waals surface area contributed by atoms with Gasteiger partial charge in [0.05, 0.1) is 12.1 Å². The lowest BCUT2D eigenvalue weighted by molar-refractivity contribution is -0.136. The van der Waals surface area contributed by atoms with Crippen LogP contribution in [0.3, 0.4) is 0 Å². The van der Waals surface area contributed by atoms with E-state index in [2.05, 4.69) is 17.0 Å². The van der Waals surface area contributed by atoms with Crippen molar-refractivity contribution >= 4 is 17.0 Å². The third kappa shape index (κ3) is 4.11. The Morgan fingerprint density at radius 3 is 2.47 bits per heavy atom. The third-order valence-corrected chi connectivity index (χ3v) is 5.59. The lowest BCUT2D eigenvalue weighted by atomic mass is 10.1. The van der Waals surface area contributed by atoms with Gasteiger partial charge < -0.3 is 14.1 Å². The first kappa shape index (κ1) is 20.2. The normalized spacial score (nSPS) is 16.0. The molecule has 2 aromatic carbocycles. The quantitative estimate of drug-likeness (QED) is 0.626. The molecule has 1 fully saturated rings. The van der Waals surface area contributed by atoms with Crippen molar-refractivity contribution in [3.8, 4) is 5.75 Å². The number of oxazole rings is 1. The molecule has 1 atom stereocenters. The molecular weight excluding hydrogens is 382 g/mol. The number of piperazine rings is 1. The zero-order chi connectivity index (χ0) is 21.1. The zero-order valence-electron chi connectivity index (χ0n) is 17.4. The number of rotatable bonds is 6. The molecule has 4 rings (SSSR count). The van der Waals surface area contributed by atoms with Gasteiger partial charge in [-0.15, -0.1) is 0 Å². The smallest absolute Gasteiger partial charge is 0.420 e. The Morgan fingerprint density at radius 2 is 1.77 bits per heavy atom. The zero-order valence-corrected chi connectivity index (χ0v) is 17.4. The fourth-order valence-corrected chi connectivity index (χ4v) is 3.97. The number of fused-ring (bicyclic) bond motifs is 1. The Bertz CT molecular complexity index is 1060. The van der Waals surface area contributed by atoms with Gasteiger partial charge in [0.25, 0.3) is 0 Å². The molecule has 7 heteroatoms. The van der Waals surface area contributed by atoms with Crippen LogP contribution in [0.15, 0.2) is 57.7 Å². The second kappa shape index (κ2) is 8.75. The second-order valence-electron chi connectivity index (χ2n) is 7.56. The van der Waals surface area contributed by atoms with Gasteiger partial charge >= 0.3 is 5.76 Å². The van der Waals surface area contributed by atoms with Crippen molar-refractivity contribution in [2.24, 2.45) is 0 Å². The highest BCUT2D eigenvalue weighted by Gasteiger charge is 2.28. The van der Waals surface area contributed by atoms with Gasteiger partial charge in [-0.25, -0.2) is 4.79 Å². The number of ether oxygens (including phenoxy) is 1. The molecule has 3 aromatic rings. The Labute approximate surface area is 175 Å². The Balaban J connectivity index is 1.37. The van der Waals surface area contributed by atoms with Gasteiger partial charge in [-0.1, -0.05) is 24.3 Å². The Morgan fingerprint density at radius 1 is 1.07 bits per heavy atom. The van der Waals surface area contributed by atoms with Crippen LogP contribution in [0.5, 0.6) is 5.75 Å². The summed E-state index contributed by atoms with van der Waals surface area (Å²) in [5.74, 6) is 0.336. The summed E-state index contributed by atoms with van der Waals surface area (Å²) in [7, 11) is 0. The highest BCUT2D eigenvalue weighted by molar-refractivity contribution is 5.83. The molecule has 0 bridgehead atoms. The first-order valence-corrected chi connectivity index (χ1v) is 10.4. The summed E-state index contributed by atoms with van der Waals surface area (Å²) in [6, 6.07) is 14.8. The Hall–Kier alpha value is -3.06. The molecule has 7 nitrogen and oxygen atoms in total. The van der Waals surface area contributed by atoms with Crippen LogP contribution in [0.1, 0.15) is 25.5 Å². The molecule has 0 N–H and O–H groups in total. The first-order chi connectivity index (χ1) is 14.6. The van der Waals surface area contributed by atoms with Crippen LogP contribution in [0.4, 0.5) is 0 Å². The van der Waals surface area contributed by atoms with Crippen LogP contribution < -0.4 is 10.5 Å². The maximum atomic E-state index is 13.0. The maximum Gasteiger partial charge on any atom is 0.420 e. The SMILES string of the molecule is CCOc1ccc(CN2CCN(C(=O)C(C)n3c(=O)oc4ccccc43)CC2)cc1. The van der Waals surface area contributed by atoms with Gasteiger partial charge in [-0.05, 0) is 43.7 Å². The summed E-state index contributed by atoms with van der Waals surface area (Å²) >= 11 is 0. The molecule has 1 saturated heterocycles. The summed E-state index contributed by atoms with van der Waals surface area (Å²) in [5.41, 5.74) is 2.38. The molecule has 1 unspecified atom stereocenters. The fourth-order valence-electron chi connectivity index (χ4n) is 3.97. The minimum absolute atomic E-state index is 0.0515. The van der Waals surface area contributed by atoms with E-state index in [0.717, 1.165) is 25.4 Å². The largest absolute Gasteiger partial charge is 0.494 e. The van der Waals surface area contributed by atoms with Crippen molar-refractivity contribution in [1.29, 1.82) is 0 Å². The summed E-state index contributed by atoms with van der Waals surface area (Å²) in [6.07, 6.45) is 0. The number of amides is 1. The van der Waals surface area contributed by atoms with Gasteiger partial charge in [-0.2, -0.15) is 0 Å². The van der Waals surface area contributed by atoms with E-state index in [1.54, 1.807) is 19.1 Å². The minimum atomic E-state index is -0.598. The molecule has 0 spiro atoms. The molecule has 2 heterocycles. The van der Waals surface area contributed by atoms with Crippen LogP contribution in [-0.2, 0) is 11.3 Å². The van der Waals surface area contributed by atoms with Crippen molar-refractivity contribution < 1.29 is 13.9 Å². The molecule has 1 amide bonds. The minimum Gasteiger partial charge on any atom is -0.494 e. The van der Waals surface area contributed by atoms with E-state index in [9.17, 15) is 9.59 Å². The van der Waals surface area contributed by atoms with E-state index in [0.29, 0.717) is 30.8 Å². The van der Waals surface area contributed by atoms with Crippen molar-refractivity contribution in [3.05, 3.63) is 64.6 Å². The van der Waals surface area contributed by atoms with Crippen molar-refractivity contribution in [3.63, 3.8) is 0 Å². The predicted octanol–water partition coefficient (Wildman–Crippen LogP) is 2.90. The molecule has 1 aliphatic rings. The van der Waals surface area contributed by atoms with Gasteiger partial charge in [0, 0.05) is 32.7 Å². The van der Waals surface area contributed by atoms with Crippen LogP contribution in [0.2, 0.25) is 0 Å². The molecule has 0 saturated carbocycles. The molecule has 1 aromatic heterocycles. The summed E-state index contributed by atoms with van der Waals surface area (Å²) in [4.78, 5) is 29.5. The van der Waals surface area contributed by atoms with Crippen LogP contribution in [0, 0.1) is 0 Å². The van der Waals surface area contributed by atoms with E-state index in [4.69, 9.17) is 9.15 Å². The van der Waals surface area contributed by atoms with Gasteiger partial charge in [0.15, 0.2) is 5.58 Å². The van der Waals surface area contributed by atoms with Crippen molar-refractivity contribution in [1.82, 2.24) is 14.4 Å². The van der Waals surface area contributed by atoms with Crippen LogP contribution in [0.25, 0.3) is 11.1 Å². The molecular formula is C23H27N3O4. The number of aromatic nitrogens is 1. The van der Waals surface area contributed by atoms with E-state index >= 15 is 0 Å². The highest BCUT2D eigenvalue weighted by Crippen LogP contribution is 2.20. The van der Waals surface area contributed by atoms with E-state index in [1.807, 2.05) is 36.1 Å². The predicted molar refractivity (Wildman–Crippen MR) is 115 cm³/mol. The number of para-hydroxylation sites is 2. The maximum absolute atomic E-state index is 13.0. The third-order valence-electron chi connectivity index (χ3n) is 5.59. The molecule has 158 valence electrons. The van der Waals surface area contributed by atoms with Gasteiger partial charge in [0.2, 0.25) is 5.91 Å². The average Bonchev–Trinajstić information content (AvgIpc) is 3.10. The summed E-state index contributed by atoms with van der Waals surface area (Å²) < 4.78 is 12.2. The monoisotopic (exact) mass is 409 g/mol. The van der Waals surface area contributed by atoms with E-state index in [-0.39, 0.29) is 5.91 Å². The van der Waals surface area contributed by atoms with Crippen LogP contribution >= 0.6 is 0 Å². The number of nitrogens with zero attached hydrogens (tertiary/aromatic N) is 3. The molecule has 0 aliphatic carbocycles. The number of benzene rings is 2. The van der Waals surface area contributed by atoms with E-state index in [1.165, 1.54) is 10.1 Å². The average molecular weight is 409 g/mol. The standard InChI is InChI=1S/C23H27N3O4/c1-3-29-19-10-8-18(9-11-19)16-24-12-14-25(15-13-24)22(27)17(2)26-20-6-4-5-7-21(20)30-23(26)28/h4-11,17H,3,12-16H2,1-2H3. The van der Waals surface area contributed by atoms with Crippen molar-refractivity contribution in [2.45, 2.75) is 26.4 Å². The molecule has 30 heavy (non-hydrogen) atoms. The molecule has 0 radical (unpaired) electrons. The lowest BCUT2D eigenvalue weighted by Gasteiger charge is -2.36. The van der Waals surface area contributed by atoms with E-state index < -0.39 is 11.8 Å². The second-order valence-corrected chi connectivity index (χ2v) is 7.56. The Kier molecular flexibility index (Phi) is 5.90. The van der Waals surface area contributed by atoms with Crippen molar-refractivity contribution in [2.75, 3.05) is 32.8 Å². The van der Waals surface area contributed by atoms with Gasteiger partial charge in [-0.3, -0.25) is 14.3 Å². The lowest BCUT2D eigenvalue weighted by Crippen LogP contribution is -2.50. The summed E-state index contributed by atoms with van der Waals surface area (Å²) in [5, 5.41) is 0. The number of hydrogen-bond acceptors (Lipinski definition) is 5.